The van der Waals surface area contributed by atoms with Gasteiger partial charge in [-0.05, 0) is 27.0 Å². The Morgan fingerprint density at radius 2 is 2.12 bits per heavy atom. The number of aliphatic hydroxyl groups excluding tert-OH is 1. The summed E-state index contributed by atoms with van der Waals surface area (Å²) >= 11 is 1.41. The van der Waals surface area contributed by atoms with Crippen LogP contribution < -0.4 is 5.32 Å². The van der Waals surface area contributed by atoms with Crippen molar-refractivity contribution in [3.8, 4) is 0 Å². The Morgan fingerprint density at radius 1 is 1.47 bits per heavy atom. The number of amides is 1. The second-order valence-corrected chi connectivity index (χ2v) is 4.59. The maximum atomic E-state index is 12.0. The van der Waals surface area contributed by atoms with Gasteiger partial charge in [0.15, 0.2) is 0 Å². The van der Waals surface area contributed by atoms with Gasteiger partial charge in [0.2, 0.25) is 0 Å². The Kier molecular flexibility index (Phi) is 4.89. The highest BCUT2D eigenvalue weighted by Crippen LogP contribution is 2.20. The molecule has 1 aromatic heterocycles. The number of nitrogens with one attached hydrogen (secondary N) is 1. The van der Waals surface area contributed by atoms with Gasteiger partial charge in [-0.25, -0.2) is 9.97 Å². The first-order valence-electron chi connectivity index (χ1n) is 5.30. The number of hydrogen-bond donors (Lipinski definition) is 2. The fourth-order valence-corrected chi connectivity index (χ4v) is 2.10. The van der Waals surface area contributed by atoms with E-state index < -0.39 is 0 Å². The van der Waals surface area contributed by atoms with E-state index in [1.54, 1.807) is 20.8 Å². The van der Waals surface area contributed by atoms with Crippen molar-refractivity contribution < 1.29 is 9.90 Å². The smallest absolute Gasteiger partial charge is 0.256 e. The van der Waals surface area contributed by atoms with Crippen molar-refractivity contribution in [2.24, 2.45) is 0 Å². The quantitative estimate of drug-likeness (QED) is 0.618. The molecule has 2 N–H and O–H groups in total. The van der Waals surface area contributed by atoms with Crippen LogP contribution in [0.3, 0.4) is 0 Å². The molecule has 0 fully saturated rings. The second kappa shape index (κ2) is 5.97. The first-order valence-corrected chi connectivity index (χ1v) is 6.53. The summed E-state index contributed by atoms with van der Waals surface area (Å²) in [4.78, 5) is 20.4. The van der Waals surface area contributed by atoms with Crippen LogP contribution in [0.15, 0.2) is 5.03 Å². The average molecular weight is 255 g/mol. The summed E-state index contributed by atoms with van der Waals surface area (Å²) in [5, 5.41) is 12.3. The van der Waals surface area contributed by atoms with Crippen LogP contribution in [-0.2, 0) is 0 Å². The normalized spacial score (nSPS) is 12.3. The molecule has 0 radical (unpaired) electrons. The lowest BCUT2D eigenvalue weighted by Gasteiger charge is -2.14. The monoisotopic (exact) mass is 255 g/mol. The van der Waals surface area contributed by atoms with Crippen molar-refractivity contribution in [3.05, 3.63) is 17.1 Å². The lowest BCUT2D eigenvalue weighted by atomic mass is 10.2. The summed E-state index contributed by atoms with van der Waals surface area (Å²) in [5.41, 5.74) is 1.15. The lowest BCUT2D eigenvalue weighted by molar-refractivity contribution is 0.0917. The lowest BCUT2D eigenvalue weighted by Crippen LogP contribution is -2.36. The van der Waals surface area contributed by atoms with Crippen molar-refractivity contribution >= 4 is 17.7 Å². The fourth-order valence-electron chi connectivity index (χ4n) is 1.43. The number of thioether (sulfide) groups is 1. The molecule has 0 aliphatic rings. The van der Waals surface area contributed by atoms with Gasteiger partial charge in [0, 0.05) is 6.04 Å². The average Bonchev–Trinajstić information content (AvgIpc) is 2.27. The molecule has 0 spiro atoms. The van der Waals surface area contributed by atoms with Gasteiger partial charge in [0.1, 0.15) is 10.9 Å². The zero-order valence-electron chi connectivity index (χ0n) is 10.4. The Labute approximate surface area is 105 Å². The van der Waals surface area contributed by atoms with E-state index in [-0.39, 0.29) is 18.6 Å². The molecule has 0 aliphatic carbocycles. The predicted molar refractivity (Wildman–Crippen MR) is 67.3 cm³/mol. The molecule has 0 bridgehead atoms. The summed E-state index contributed by atoms with van der Waals surface area (Å²) in [7, 11) is 0. The molecule has 1 amide bonds. The standard InChI is InChI=1S/C11H17N3O2S/c1-6(5-15)12-10(16)9-7(2)13-8(3)14-11(9)17-4/h6,15H,5H2,1-4H3,(H,12,16). The van der Waals surface area contributed by atoms with Crippen LogP contribution in [0.4, 0.5) is 0 Å². The number of aliphatic hydroxyl groups is 1. The molecule has 1 heterocycles. The molecule has 1 aromatic rings. The van der Waals surface area contributed by atoms with Crippen molar-refractivity contribution in [1.82, 2.24) is 15.3 Å². The van der Waals surface area contributed by atoms with Crippen LogP contribution in [-0.4, -0.2) is 39.9 Å². The van der Waals surface area contributed by atoms with E-state index in [2.05, 4.69) is 15.3 Å². The number of aromatic nitrogens is 2. The maximum absolute atomic E-state index is 12.0. The molecule has 0 aromatic carbocycles. The van der Waals surface area contributed by atoms with Crippen molar-refractivity contribution in [2.45, 2.75) is 31.8 Å². The molecule has 17 heavy (non-hydrogen) atoms. The van der Waals surface area contributed by atoms with Gasteiger partial charge < -0.3 is 10.4 Å². The number of nitrogens with zero attached hydrogens (tertiary/aromatic N) is 2. The molecular formula is C11H17N3O2S. The van der Waals surface area contributed by atoms with Crippen molar-refractivity contribution in [1.29, 1.82) is 0 Å². The topological polar surface area (TPSA) is 75.1 Å². The number of carbonyl (C=O) groups is 1. The van der Waals surface area contributed by atoms with Crippen LogP contribution in [0.1, 0.15) is 28.8 Å². The molecule has 0 aliphatic heterocycles. The Morgan fingerprint density at radius 3 is 2.65 bits per heavy atom. The largest absolute Gasteiger partial charge is 0.394 e. The predicted octanol–water partition coefficient (Wildman–Crippen LogP) is 0.926. The van der Waals surface area contributed by atoms with E-state index in [0.717, 1.165) is 0 Å². The Balaban J connectivity index is 3.08. The number of aryl methyl sites for hydroxylation is 2. The SMILES string of the molecule is CSc1nc(C)nc(C)c1C(=O)NC(C)CO. The summed E-state index contributed by atoms with van der Waals surface area (Å²) in [6.07, 6.45) is 1.87. The number of rotatable bonds is 4. The summed E-state index contributed by atoms with van der Waals surface area (Å²) in [6.45, 7) is 5.23. The van der Waals surface area contributed by atoms with Gasteiger partial charge in [-0.2, -0.15) is 0 Å². The minimum atomic E-state index is -0.280. The van der Waals surface area contributed by atoms with E-state index >= 15 is 0 Å². The zero-order valence-corrected chi connectivity index (χ0v) is 11.3. The molecule has 0 saturated heterocycles. The van der Waals surface area contributed by atoms with Crippen molar-refractivity contribution in [2.75, 3.05) is 12.9 Å². The van der Waals surface area contributed by atoms with Gasteiger partial charge >= 0.3 is 0 Å². The summed E-state index contributed by atoms with van der Waals surface area (Å²) in [5.74, 6) is 0.409. The molecule has 1 unspecified atom stereocenters. The maximum Gasteiger partial charge on any atom is 0.256 e. The van der Waals surface area contributed by atoms with Crippen LogP contribution in [0.2, 0.25) is 0 Å². The summed E-state index contributed by atoms with van der Waals surface area (Å²) in [6, 6.07) is -0.280. The first-order chi connectivity index (χ1) is 7.99. The third kappa shape index (κ3) is 3.41. The van der Waals surface area contributed by atoms with Crippen LogP contribution in [0.25, 0.3) is 0 Å². The van der Waals surface area contributed by atoms with Gasteiger partial charge in [0.25, 0.3) is 5.91 Å². The van der Waals surface area contributed by atoms with E-state index in [9.17, 15) is 4.79 Å². The van der Waals surface area contributed by atoms with Crippen molar-refractivity contribution in [3.63, 3.8) is 0 Å². The molecule has 1 atom stereocenters. The highest BCUT2D eigenvalue weighted by atomic mass is 32.2. The van der Waals surface area contributed by atoms with E-state index in [0.29, 0.717) is 22.1 Å². The number of hydrogen-bond acceptors (Lipinski definition) is 5. The third-order valence-corrected chi connectivity index (χ3v) is 2.92. The van der Waals surface area contributed by atoms with Crippen LogP contribution in [0, 0.1) is 13.8 Å². The Hall–Kier alpha value is -1.14. The third-order valence-electron chi connectivity index (χ3n) is 2.24. The highest BCUT2D eigenvalue weighted by Gasteiger charge is 2.18. The minimum Gasteiger partial charge on any atom is -0.394 e. The zero-order chi connectivity index (χ0) is 13.0. The van der Waals surface area contributed by atoms with Gasteiger partial charge in [0.05, 0.1) is 17.9 Å². The molecular weight excluding hydrogens is 238 g/mol. The van der Waals surface area contributed by atoms with E-state index in [1.807, 2.05) is 6.26 Å². The van der Waals surface area contributed by atoms with Gasteiger partial charge in [-0.1, -0.05) is 0 Å². The van der Waals surface area contributed by atoms with Crippen LogP contribution >= 0.6 is 11.8 Å². The summed E-state index contributed by atoms with van der Waals surface area (Å²) < 4.78 is 0. The fraction of sp³-hybridized carbons (Fsp3) is 0.545. The molecule has 1 rings (SSSR count). The second-order valence-electron chi connectivity index (χ2n) is 3.80. The number of carbonyl (C=O) groups excluding carboxylic acids is 1. The van der Waals surface area contributed by atoms with Crippen LogP contribution in [0.5, 0.6) is 0 Å². The van der Waals surface area contributed by atoms with Gasteiger partial charge in [-0.15, -0.1) is 11.8 Å². The molecule has 6 heteroatoms. The minimum absolute atomic E-state index is 0.0912. The highest BCUT2D eigenvalue weighted by molar-refractivity contribution is 7.98. The Bertz CT molecular complexity index is 423. The van der Waals surface area contributed by atoms with E-state index in [4.69, 9.17) is 5.11 Å². The van der Waals surface area contributed by atoms with Gasteiger partial charge in [-0.3, -0.25) is 4.79 Å². The molecule has 94 valence electrons. The molecule has 5 nitrogen and oxygen atoms in total. The van der Waals surface area contributed by atoms with E-state index in [1.165, 1.54) is 11.8 Å². The molecule has 0 saturated carbocycles. The first kappa shape index (κ1) is 13.9.